The van der Waals surface area contributed by atoms with Gasteiger partial charge in [-0.3, -0.25) is 0 Å². The highest BCUT2D eigenvalue weighted by Crippen LogP contribution is 2.29. The molecular formula is C12H20O. The second-order valence-electron chi connectivity index (χ2n) is 4.01. The van der Waals surface area contributed by atoms with Gasteiger partial charge in [0.15, 0.2) is 0 Å². The Morgan fingerprint density at radius 3 is 2.92 bits per heavy atom. The largest absolute Gasteiger partial charge is 0.396 e. The Balaban J connectivity index is 2.34. The van der Waals surface area contributed by atoms with Crippen molar-refractivity contribution in [3.8, 4) is 0 Å². The minimum absolute atomic E-state index is 0.321. The molecule has 0 saturated carbocycles. The standard InChI is InChI=1S/C12H20O/c1-10(2)12-7-5-11(6-8-12)4-3-9-13/h5,12-13H,1,3-4,6-9H2,2H3. The van der Waals surface area contributed by atoms with Crippen LogP contribution in [0.2, 0.25) is 0 Å². The number of rotatable bonds is 4. The van der Waals surface area contributed by atoms with Gasteiger partial charge in [-0.05, 0) is 44.9 Å². The monoisotopic (exact) mass is 180 g/mol. The molecule has 1 aliphatic rings. The highest BCUT2D eigenvalue weighted by molar-refractivity contribution is 5.11. The minimum atomic E-state index is 0.321. The molecule has 1 aliphatic carbocycles. The van der Waals surface area contributed by atoms with E-state index >= 15 is 0 Å². The number of allylic oxidation sites excluding steroid dienone is 3. The fourth-order valence-corrected chi connectivity index (χ4v) is 1.87. The predicted molar refractivity (Wildman–Crippen MR) is 56.6 cm³/mol. The number of aliphatic hydroxyl groups is 1. The molecule has 0 aliphatic heterocycles. The molecule has 0 fully saturated rings. The van der Waals surface area contributed by atoms with Crippen molar-refractivity contribution in [2.45, 2.75) is 39.0 Å². The lowest BCUT2D eigenvalue weighted by atomic mass is 9.84. The summed E-state index contributed by atoms with van der Waals surface area (Å²) in [7, 11) is 0. The van der Waals surface area contributed by atoms with Crippen LogP contribution in [-0.2, 0) is 0 Å². The van der Waals surface area contributed by atoms with Gasteiger partial charge in [-0.15, -0.1) is 0 Å². The Bertz CT molecular complexity index is 203. The first-order valence-electron chi connectivity index (χ1n) is 5.18. The van der Waals surface area contributed by atoms with Crippen LogP contribution in [-0.4, -0.2) is 11.7 Å². The molecule has 1 unspecified atom stereocenters. The summed E-state index contributed by atoms with van der Waals surface area (Å²) in [6, 6.07) is 0. The van der Waals surface area contributed by atoms with Crippen LogP contribution in [0.4, 0.5) is 0 Å². The normalized spacial score (nSPS) is 22.6. The van der Waals surface area contributed by atoms with E-state index in [-0.39, 0.29) is 0 Å². The lowest BCUT2D eigenvalue weighted by Crippen LogP contribution is -2.06. The summed E-state index contributed by atoms with van der Waals surface area (Å²) in [5, 5.41) is 8.70. The molecule has 1 nitrogen and oxygen atoms in total. The highest BCUT2D eigenvalue weighted by Gasteiger charge is 2.13. The van der Waals surface area contributed by atoms with Gasteiger partial charge in [0.1, 0.15) is 0 Å². The average Bonchev–Trinajstić information content (AvgIpc) is 2.15. The molecule has 0 aromatic carbocycles. The summed E-state index contributed by atoms with van der Waals surface area (Å²) >= 11 is 0. The Labute approximate surface area is 81.2 Å². The van der Waals surface area contributed by atoms with Gasteiger partial charge in [0.25, 0.3) is 0 Å². The summed E-state index contributed by atoms with van der Waals surface area (Å²) < 4.78 is 0. The second-order valence-corrected chi connectivity index (χ2v) is 4.01. The number of hydrogen-bond acceptors (Lipinski definition) is 1. The van der Waals surface area contributed by atoms with Crippen molar-refractivity contribution in [3.05, 3.63) is 23.8 Å². The van der Waals surface area contributed by atoms with Crippen molar-refractivity contribution in [1.29, 1.82) is 0 Å². The van der Waals surface area contributed by atoms with Crippen LogP contribution in [0.25, 0.3) is 0 Å². The molecule has 13 heavy (non-hydrogen) atoms. The van der Waals surface area contributed by atoms with Gasteiger partial charge in [-0.2, -0.15) is 0 Å². The fourth-order valence-electron chi connectivity index (χ4n) is 1.87. The van der Waals surface area contributed by atoms with E-state index in [2.05, 4.69) is 19.6 Å². The third-order valence-electron chi connectivity index (χ3n) is 2.86. The third kappa shape index (κ3) is 3.35. The predicted octanol–water partition coefficient (Wildman–Crippen LogP) is 3.06. The summed E-state index contributed by atoms with van der Waals surface area (Å²) in [5.74, 6) is 0.706. The van der Waals surface area contributed by atoms with Gasteiger partial charge >= 0.3 is 0 Å². The molecule has 0 saturated heterocycles. The van der Waals surface area contributed by atoms with Crippen molar-refractivity contribution in [2.75, 3.05) is 6.61 Å². The van der Waals surface area contributed by atoms with Crippen molar-refractivity contribution in [3.63, 3.8) is 0 Å². The molecule has 1 atom stereocenters. The van der Waals surface area contributed by atoms with Crippen LogP contribution >= 0.6 is 0 Å². The van der Waals surface area contributed by atoms with Crippen LogP contribution in [0.3, 0.4) is 0 Å². The molecular weight excluding hydrogens is 160 g/mol. The average molecular weight is 180 g/mol. The van der Waals surface area contributed by atoms with Crippen LogP contribution < -0.4 is 0 Å². The van der Waals surface area contributed by atoms with E-state index in [0.717, 1.165) is 19.3 Å². The van der Waals surface area contributed by atoms with Crippen molar-refractivity contribution in [2.24, 2.45) is 5.92 Å². The van der Waals surface area contributed by atoms with Crippen LogP contribution in [0.15, 0.2) is 23.8 Å². The SMILES string of the molecule is C=C(C)C1CC=C(CCCO)CC1. The number of hydrogen-bond donors (Lipinski definition) is 1. The van der Waals surface area contributed by atoms with Gasteiger partial charge < -0.3 is 5.11 Å². The van der Waals surface area contributed by atoms with Gasteiger partial charge in [-0.25, -0.2) is 0 Å². The van der Waals surface area contributed by atoms with Crippen molar-refractivity contribution >= 4 is 0 Å². The second kappa shape index (κ2) is 5.23. The molecule has 0 aromatic heterocycles. The van der Waals surface area contributed by atoms with Crippen LogP contribution in [0, 0.1) is 5.92 Å². The topological polar surface area (TPSA) is 20.2 Å². The molecule has 0 spiro atoms. The van der Waals surface area contributed by atoms with Gasteiger partial charge in [-0.1, -0.05) is 23.8 Å². The van der Waals surface area contributed by atoms with E-state index in [1.165, 1.54) is 24.0 Å². The highest BCUT2D eigenvalue weighted by atomic mass is 16.2. The smallest absolute Gasteiger partial charge is 0.0434 e. The first-order chi connectivity index (χ1) is 6.24. The molecule has 0 heterocycles. The fraction of sp³-hybridized carbons (Fsp3) is 0.667. The molecule has 0 amide bonds. The number of aliphatic hydroxyl groups excluding tert-OH is 1. The lowest BCUT2D eigenvalue weighted by molar-refractivity contribution is 0.287. The van der Waals surface area contributed by atoms with Gasteiger partial charge in [0.2, 0.25) is 0 Å². The molecule has 1 rings (SSSR count). The van der Waals surface area contributed by atoms with Gasteiger partial charge in [0, 0.05) is 6.61 Å². The third-order valence-corrected chi connectivity index (χ3v) is 2.86. The quantitative estimate of drug-likeness (QED) is 0.659. The van der Waals surface area contributed by atoms with E-state index in [1.54, 1.807) is 0 Å². The van der Waals surface area contributed by atoms with Crippen molar-refractivity contribution < 1.29 is 5.11 Å². The first-order valence-corrected chi connectivity index (χ1v) is 5.18. The summed E-state index contributed by atoms with van der Waals surface area (Å²) in [6.07, 6.45) is 7.97. The zero-order valence-electron chi connectivity index (χ0n) is 8.55. The molecule has 1 N–H and O–H groups in total. The van der Waals surface area contributed by atoms with E-state index < -0.39 is 0 Å². The van der Waals surface area contributed by atoms with Gasteiger partial charge in [0.05, 0.1) is 0 Å². The summed E-state index contributed by atoms with van der Waals surface area (Å²) in [5.41, 5.74) is 2.85. The summed E-state index contributed by atoms with van der Waals surface area (Å²) in [6.45, 7) is 6.44. The van der Waals surface area contributed by atoms with E-state index in [1.807, 2.05) is 0 Å². The maximum atomic E-state index is 8.70. The minimum Gasteiger partial charge on any atom is -0.396 e. The zero-order chi connectivity index (χ0) is 9.68. The van der Waals surface area contributed by atoms with E-state index in [4.69, 9.17) is 5.11 Å². The first kappa shape index (κ1) is 10.5. The van der Waals surface area contributed by atoms with Crippen molar-refractivity contribution in [1.82, 2.24) is 0 Å². The van der Waals surface area contributed by atoms with Crippen LogP contribution in [0.5, 0.6) is 0 Å². The Morgan fingerprint density at radius 1 is 1.69 bits per heavy atom. The lowest BCUT2D eigenvalue weighted by Gasteiger charge is -2.21. The van der Waals surface area contributed by atoms with E-state index in [0.29, 0.717) is 12.5 Å². The molecule has 0 radical (unpaired) electrons. The zero-order valence-corrected chi connectivity index (χ0v) is 8.55. The Kier molecular flexibility index (Phi) is 4.23. The Morgan fingerprint density at radius 2 is 2.46 bits per heavy atom. The molecule has 0 bridgehead atoms. The molecule has 1 heteroatoms. The molecule has 74 valence electrons. The Hall–Kier alpha value is -0.560. The maximum absolute atomic E-state index is 8.70. The van der Waals surface area contributed by atoms with E-state index in [9.17, 15) is 0 Å². The maximum Gasteiger partial charge on any atom is 0.0434 e. The summed E-state index contributed by atoms with van der Waals surface area (Å²) in [4.78, 5) is 0. The van der Waals surface area contributed by atoms with Crippen LogP contribution in [0.1, 0.15) is 39.0 Å². The molecule has 0 aromatic rings.